The number of aryl methyl sites for hydroxylation is 1. The van der Waals surface area contributed by atoms with E-state index >= 15 is 0 Å². The first-order valence-electron chi connectivity index (χ1n) is 6.13. The SMILES string of the molecule is CCNCc1cc(S(=O)(=O)Nc2cccnn2)c(C)s1. The van der Waals surface area contributed by atoms with E-state index < -0.39 is 10.0 Å². The number of hydrogen-bond acceptors (Lipinski definition) is 6. The molecular weight excluding hydrogens is 296 g/mol. The second-order valence-corrected chi connectivity index (χ2v) is 7.12. The molecule has 0 radical (unpaired) electrons. The second kappa shape index (κ2) is 6.29. The molecule has 2 heterocycles. The van der Waals surface area contributed by atoms with Crippen LogP contribution in [-0.2, 0) is 16.6 Å². The summed E-state index contributed by atoms with van der Waals surface area (Å²) in [5, 5.41) is 10.6. The van der Waals surface area contributed by atoms with Crippen LogP contribution in [0.1, 0.15) is 16.7 Å². The quantitative estimate of drug-likeness (QED) is 0.849. The van der Waals surface area contributed by atoms with E-state index in [9.17, 15) is 8.42 Å². The van der Waals surface area contributed by atoms with Crippen molar-refractivity contribution in [3.8, 4) is 0 Å². The van der Waals surface area contributed by atoms with E-state index in [0.717, 1.165) is 16.3 Å². The molecule has 2 rings (SSSR count). The predicted octanol–water partition coefficient (Wildman–Crippen LogP) is 1.76. The number of aromatic nitrogens is 2. The average molecular weight is 312 g/mol. The lowest BCUT2D eigenvalue weighted by Crippen LogP contribution is -2.14. The fourth-order valence-electron chi connectivity index (χ4n) is 1.67. The number of anilines is 1. The smallest absolute Gasteiger partial charge is 0.264 e. The maximum atomic E-state index is 12.3. The molecule has 0 saturated carbocycles. The molecule has 108 valence electrons. The van der Waals surface area contributed by atoms with Gasteiger partial charge in [-0.2, -0.15) is 5.10 Å². The molecule has 0 atom stereocenters. The maximum Gasteiger partial charge on any atom is 0.264 e. The van der Waals surface area contributed by atoms with E-state index in [0.29, 0.717) is 11.4 Å². The highest BCUT2D eigenvalue weighted by Gasteiger charge is 2.20. The Morgan fingerprint density at radius 2 is 2.20 bits per heavy atom. The molecule has 0 aliphatic heterocycles. The van der Waals surface area contributed by atoms with E-state index in [4.69, 9.17) is 0 Å². The highest BCUT2D eigenvalue weighted by atomic mass is 32.2. The molecular formula is C12H16N4O2S2. The van der Waals surface area contributed by atoms with Gasteiger partial charge in [-0.25, -0.2) is 8.42 Å². The van der Waals surface area contributed by atoms with Gasteiger partial charge in [0.2, 0.25) is 0 Å². The van der Waals surface area contributed by atoms with E-state index in [-0.39, 0.29) is 5.82 Å². The standard InChI is InChI=1S/C12H16N4O2S2/c1-3-13-8-10-7-11(9(2)19-10)20(17,18)16-12-5-4-6-14-15-12/h4-7,13H,3,8H2,1-2H3,(H,15,16). The summed E-state index contributed by atoms with van der Waals surface area (Å²) in [5.41, 5.74) is 0. The lowest BCUT2D eigenvalue weighted by molar-refractivity contribution is 0.600. The Bertz CT molecular complexity index is 668. The van der Waals surface area contributed by atoms with Gasteiger partial charge in [0.15, 0.2) is 5.82 Å². The van der Waals surface area contributed by atoms with E-state index in [1.54, 1.807) is 25.1 Å². The third kappa shape index (κ3) is 3.53. The van der Waals surface area contributed by atoms with Crippen molar-refractivity contribution in [2.24, 2.45) is 0 Å². The van der Waals surface area contributed by atoms with Gasteiger partial charge in [-0.05, 0) is 31.7 Å². The molecule has 0 fully saturated rings. The number of hydrogen-bond donors (Lipinski definition) is 2. The van der Waals surface area contributed by atoms with Crippen molar-refractivity contribution in [1.82, 2.24) is 15.5 Å². The van der Waals surface area contributed by atoms with Gasteiger partial charge < -0.3 is 5.32 Å². The van der Waals surface area contributed by atoms with Gasteiger partial charge in [0.1, 0.15) is 4.90 Å². The van der Waals surface area contributed by atoms with Crippen LogP contribution in [0, 0.1) is 6.92 Å². The molecule has 0 aromatic carbocycles. The Hall–Kier alpha value is -1.51. The number of nitrogens with zero attached hydrogens (tertiary/aromatic N) is 2. The normalized spacial score (nSPS) is 11.5. The minimum atomic E-state index is -3.62. The van der Waals surface area contributed by atoms with Crippen LogP contribution >= 0.6 is 11.3 Å². The van der Waals surface area contributed by atoms with Crippen molar-refractivity contribution in [2.75, 3.05) is 11.3 Å². The Morgan fingerprint density at radius 1 is 1.40 bits per heavy atom. The van der Waals surface area contributed by atoms with Crippen molar-refractivity contribution in [3.63, 3.8) is 0 Å². The first-order chi connectivity index (χ1) is 9.53. The molecule has 20 heavy (non-hydrogen) atoms. The minimum absolute atomic E-state index is 0.214. The number of sulfonamides is 1. The molecule has 2 aromatic rings. The average Bonchev–Trinajstić information content (AvgIpc) is 2.79. The molecule has 0 saturated heterocycles. The summed E-state index contributed by atoms with van der Waals surface area (Å²) in [6, 6.07) is 4.88. The maximum absolute atomic E-state index is 12.3. The topological polar surface area (TPSA) is 84.0 Å². The van der Waals surface area contributed by atoms with Crippen molar-refractivity contribution in [3.05, 3.63) is 34.2 Å². The largest absolute Gasteiger partial charge is 0.312 e. The number of rotatable bonds is 6. The Kier molecular flexibility index (Phi) is 4.69. The third-order valence-corrected chi connectivity index (χ3v) is 5.23. The molecule has 6 nitrogen and oxygen atoms in total. The van der Waals surface area contributed by atoms with Gasteiger partial charge in [0.05, 0.1) is 0 Å². The summed E-state index contributed by atoms with van der Waals surface area (Å²) in [4.78, 5) is 2.04. The van der Waals surface area contributed by atoms with Crippen molar-refractivity contribution in [2.45, 2.75) is 25.3 Å². The molecule has 0 spiro atoms. The zero-order chi connectivity index (χ0) is 14.6. The van der Waals surface area contributed by atoms with Crippen LogP contribution < -0.4 is 10.0 Å². The number of thiophene rings is 1. The third-order valence-electron chi connectivity index (χ3n) is 2.57. The predicted molar refractivity (Wildman–Crippen MR) is 79.3 cm³/mol. The summed E-state index contributed by atoms with van der Waals surface area (Å²) >= 11 is 1.47. The monoisotopic (exact) mass is 312 g/mol. The van der Waals surface area contributed by atoms with Gasteiger partial charge in [0.25, 0.3) is 10.0 Å². The summed E-state index contributed by atoms with van der Waals surface area (Å²) < 4.78 is 27.1. The number of nitrogens with one attached hydrogen (secondary N) is 2. The molecule has 0 bridgehead atoms. The Labute approximate surface area is 122 Å². The molecule has 0 aliphatic carbocycles. The molecule has 0 unspecified atom stereocenters. The van der Waals surface area contributed by atoms with Gasteiger partial charge in [-0.3, -0.25) is 4.72 Å². The lowest BCUT2D eigenvalue weighted by Gasteiger charge is -2.05. The molecule has 0 amide bonds. The van der Waals surface area contributed by atoms with Crippen LogP contribution in [0.25, 0.3) is 0 Å². The van der Waals surface area contributed by atoms with Crippen LogP contribution in [-0.4, -0.2) is 25.2 Å². The molecule has 0 aliphatic rings. The zero-order valence-electron chi connectivity index (χ0n) is 11.3. The highest BCUT2D eigenvalue weighted by Crippen LogP contribution is 2.26. The summed E-state index contributed by atoms with van der Waals surface area (Å²) in [5.74, 6) is 0.214. The first kappa shape index (κ1) is 14.9. The summed E-state index contributed by atoms with van der Waals surface area (Å²) in [6.07, 6.45) is 1.49. The summed E-state index contributed by atoms with van der Waals surface area (Å²) in [7, 11) is -3.62. The lowest BCUT2D eigenvalue weighted by atomic mass is 10.4. The molecule has 8 heteroatoms. The van der Waals surface area contributed by atoms with Crippen LogP contribution in [0.4, 0.5) is 5.82 Å². The van der Waals surface area contributed by atoms with Crippen LogP contribution in [0.15, 0.2) is 29.3 Å². The highest BCUT2D eigenvalue weighted by molar-refractivity contribution is 7.93. The summed E-state index contributed by atoms with van der Waals surface area (Å²) in [6.45, 7) is 5.32. The van der Waals surface area contributed by atoms with E-state index in [1.165, 1.54) is 17.5 Å². The van der Waals surface area contributed by atoms with E-state index in [1.807, 2.05) is 6.92 Å². The minimum Gasteiger partial charge on any atom is -0.312 e. The Balaban J connectivity index is 2.23. The van der Waals surface area contributed by atoms with Gasteiger partial charge in [-0.15, -0.1) is 16.4 Å². The van der Waals surface area contributed by atoms with Crippen molar-refractivity contribution >= 4 is 27.2 Å². The zero-order valence-corrected chi connectivity index (χ0v) is 12.9. The van der Waals surface area contributed by atoms with Gasteiger partial charge in [0, 0.05) is 22.5 Å². The van der Waals surface area contributed by atoms with Gasteiger partial charge >= 0.3 is 0 Å². The fourth-order valence-corrected chi connectivity index (χ4v) is 4.28. The van der Waals surface area contributed by atoms with Crippen molar-refractivity contribution in [1.29, 1.82) is 0 Å². The molecule has 2 N–H and O–H groups in total. The van der Waals surface area contributed by atoms with Crippen LogP contribution in [0.5, 0.6) is 0 Å². The first-order valence-corrected chi connectivity index (χ1v) is 8.43. The van der Waals surface area contributed by atoms with Crippen molar-refractivity contribution < 1.29 is 8.42 Å². The van der Waals surface area contributed by atoms with Crippen LogP contribution in [0.3, 0.4) is 0 Å². The molecule has 2 aromatic heterocycles. The van der Waals surface area contributed by atoms with E-state index in [2.05, 4.69) is 20.2 Å². The van der Waals surface area contributed by atoms with Crippen LogP contribution in [0.2, 0.25) is 0 Å². The second-order valence-electron chi connectivity index (χ2n) is 4.13. The van der Waals surface area contributed by atoms with Gasteiger partial charge in [-0.1, -0.05) is 6.92 Å². The fraction of sp³-hybridized carbons (Fsp3) is 0.333. The Morgan fingerprint density at radius 3 is 2.85 bits per heavy atom.